The number of amides is 1. The monoisotopic (exact) mass is 439 g/mol. The lowest BCUT2D eigenvalue weighted by Crippen LogP contribution is -2.57. The van der Waals surface area contributed by atoms with Crippen molar-refractivity contribution in [1.29, 1.82) is 0 Å². The van der Waals surface area contributed by atoms with Crippen molar-refractivity contribution in [2.24, 2.45) is 0 Å². The molecule has 0 spiro atoms. The zero-order chi connectivity index (χ0) is 22.8. The molecule has 5 rings (SSSR count). The molecule has 2 aromatic heterocycles. The molecule has 1 amide bonds. The molecular formula is C25H25N7O. The van der Waals surface area contributed by atoms with Gasteiger partial charge in [0.15, 0.2) is 5.82 Å². The fourth-order valence-electron chi connectivity index (χ4n) is 4.13. The Hall–Kier alpha value is -4.04. The third-order valence-electron chi connectivity index (χ3n) is 5.71. The lowest BCUT2D eigenvalue weighted by Gasteiger charge is -2.36. The van der Waals surface area contributed by atoms with E-state index in [4.69, 9.17) is 10.7 Å². The van der Waals surface area contributed by atoms with Crippen LogP contribution in [0.1, 0.15) is 5.56 Å². The first-order valence-electron chi connectivity index (χ1n) is 10.9. The molecule has 1 aliphatic heterocycles. The van der Waals surface area contributed by atoms with Gasteiger partial charge >= 0.3 is 0 Å². The van der Waals surface area contributed by atoms with Crippen molar-refractivity contribution in [3.8, 4) is 11.3 Å². The maximum Gasteiger partial charge on any atom is 0.248 e. The topological polar surface area (TPSA) is 109 Å². The molecule has 33 heavy (non-hydrogen) atoms. The van der Waals surface area contributed by atoms with Crippen LogP contribution >= 0.6 is 0 Å². The van der Waals surface area contributed by atoms with E-state index in [0.29, 0.717) is 29.9 Å². The number of aromatic nitrogens is 3. The molecule has 8 nitrogen and oxygen atoms in total. The molecule has 3 heterocycles. The largest absolute Gasteiger partial charge is 0.368 e. The number of carbonyl (C=O) groups excluding carboxylic acids is 1. The fourth-order valence-corrected chi connectivity index (χ4v) is 4.13. The number of nitrogens with zero attached hydrogens (tertiary/aromatic N) is 4. The third-order valence-corrected chi connectivity index (χ3v) is 5.71. The van der Waals surface area contributed by atoms with Gasteiger partial charge in [0.05, 0.1) is 11.2 Å². The van der Waals surface area contributed by atoms with E-state index in [9.17, 15) is 4.79 Å². The first-order chi connectivity index (χ1) is 16.1. The minimum Gasteiger partial charge on any atom is -0.368 e. The van der Waals surface area contributed by atoms with Gasteiger partial charge in [0.2, 0.25) is 11.9 Å². The Kier molecular flexibility index (Phi) is 5.58. The van der Waals surface area contributed by atoms with E-state index >= 15 is 0 Å². The highest BCUT2D eigenvalue weighted by atomic mass is 16.2. The lowest BCUT2D eigenvalue weighted by atomic mass is 10.1. The molecule has 4 aromatic rings. The van der Waals surface area contributed by atoms with E-state index in [2.05, 4.69) is 20.6 Å². The van der Waals surface area contributed by atoms with Crippen LogP contribution in [0.15, 0.2) is 66.7 Å². The van der Waals surface area contributed by atoms with Gasteiger partial charge in [-0.3, -0.25) is 4.79 Å². The number of hydrogen-bond acceptors (Lipinski definition) is 7. The van der Waals surface area contributed by atoms with E-state index in [-0.39, 0.29) is 11.9 Å². The van der Waals surface area contributed by atoms with Crippen molar-refractivity contribution in [1.82, 2.24) is 20.3 Å². The molecule has 2 aromatic carbocycles. The Morgan fingerprint density at radius 3 is 2.73 bits per heavy atom. The number of nitrogens with two attached hydrogens (primary N) is 1. The highest BCUT2D eigenvalue weighted by Crippen LogP contribution is 2.28. The molecule has 1 aliphatic rings. The molecule has 0 bridgehead atoms. The van der Waals surface area contributed by atoms with Gasteiger partial charge in [0.1, 0.15) is 11.6 Å². The number of benzene rings is 2. The number of aryl methyl sites for hydroxylation is 1. The quantitative estimate of drug-likeness (QED) is 0.448. The number of nitrogens with one attached hydrogen (secondary N) is 2. The molecule has 1 unspecified atom stereocenters. The Bertz CT molecular complexity index is 1310. The Morgan fingerprint density at radius 2 is 1.91 bits per heavy atom. The van der Waals surface area contributed by atoms with Gasteiger partial charge in [0.25, 0.3) is 0 Å². The van der Waals surface area contributed by atoms with Crippen LogP contribution in [0.2, 0.25) is 0 Å². The summed E-state index contributed by atoms with van der Waals surface area (Å²) in [6.07, 6.45) is 0. The summed E-state index contributed by atoms with van der Waals surface area (Å²) >= 11 is 0. The minimum absolute atomic E-state index is 0.114. The van der Waals surface area contributed by atoms with Crippen molar-refractivity contribution < 1.29 is 4.79 Å². The van der Waals surface area contributed by atoms with Crippen LogP contribution in [0.5, 0.6) is 0 Å². The maximum absolute atomic E-state index is 13.3. The first kappa shape index (κ1) is 20.8. The smallest absolute Gasteiger partial charge is 0.248 e. The van der Waals surface area contributed by atoms with E-state index in [1.165, 1.54) is 0 Å². The molecular weight excluding hydrogens is 414 g/mol. The number of rotatable bonds is 4. The van der Waals surface area contributed by atoms with E-state index in [1.807, 2.05) is 78.6 Å². The zero-order valence-electron chi connectivity index (χ0n) is 18.3. The number of piperazine rings is 1. The second kappa shape index (κ2) is 8.84. The standard InChI is InChI=1S/C25H25N7O/c1-16-6-5-9-18(14-16)28-24(33)21-15-27-12-13-32(21)23-22-20(30-25(26)31-23)11-10-19(29-22)17-7-3-2-4-8-17/h2-11,14,21,27H,12-13,15H2,1H3,(H,28,33)(H2,26,30,31). The zero-order valence-corrected chi connectivity index (χ0v) is 18.3. The summed E-state index contributed by atoms with van der Waals surface area (Å²) in [5, 5.41) is 6.35. The molecule has 0 aliphatic carbocycles. The van der Waals surface area contributed by atoms with Crippen molar-refractivity contribution in [2.75, 3.05) is 35.6 Å². The number of carbonyl (C=O) groups is 1. The van der Waals surface area contributed by atoms with Crippen LogP contribution in [-0.2, 0) is 4.79 Å². The van der Waals surface area contributed by atoms with E-state index in [1.54, 1.807) is 0 Å². The molecule has 0 radical (unpaired) electrons. The molecule has 1 fully saturated rings. The molecule has 0 saturated carbocycles. The summed E-state index contributed by atoms with van der Waals surface area (Å²) in [7, 11) is 0. The Morgan fingerprint density at radius 1 is 1.06 bits per heavy atom. The average Bonchev–Trinajstić information content (AvgIpc) is 2.84. The van der Waals surface area contributed by atoms with Crippen LogP contribution in [0, 0.1) is 6.92 Å². The van der Waals surface area contributed by atoms with Crippen LogP contribution in [-0.4, -0.2) is 46.5 Å². The van der Waals surface area contributed by atoms with Crippen LogP contribution in [0.4, 0.5) is 17.5 Å². The van der Waals surface area contributed by atoms with Crippen LogP contribution in [0.3, 0.4) is 0 Å². The van der Waals surface area contributed by atoms with Gasteiger partial charge < -0.3 is 21.3 Å². The summed E-state index contributed by atoms with van der Waals surface area (Å²) in [5.74, 6) is 0.613. The summed E-state index contributed by atoms with van der Waals surface area (Å²) < 4.78 is 0. The number of nitrogen functional groups attached to an aromatic ring is 1. The number of pyridine rings is 1. The van der Waals surface area contributed by atoms with Crippen molar-refractivity contribution in [2.45, 2.75) is 13.0 Å². The predicted octanol–water partition coefficient (Wildman–Crippen LogP) is 3.00. The summed E-state index contributed by atoms with van der Waals surface area (Å²) in [6.45, 7) is 3.80. The number of anilines is 3. The lowest BCUT2D eigenvalue weighted by molar-refractivity contribution is -0.117. The molecule has 1 atom stereocenters. The van der Waals surface area contributed by atoms with Gasteiger partial charge in [-0.1, -0.05) is 42.5 Å². The number of hydrogen-bond donors (Lipinski definition) is 3. The van der Waals surface area contributed by atoms with Gasteiger partial charge in [-0.15, -0.1) is 0 Å². The summed E-state index contributed by atoms with van der Waals surface area (Å²) in [4.78, 5) is 29.0. The Labute approximate surface area is 191 Å². The fraction of sp³-hybridized carbons (Fsp3) is 0.200. The second-order valence-electron chi connectivity index (χ2n) is 8.11. The highest BCUT2D eigenvalue weighted by Gasteiger charge is 2.31. The predicted molar refractivity (Wildman–Crippen MR) is 131 cm³/mol. The van der Waals surface area contributed by atoms with Gasteiger partial charge in [0, 0.05) is 30.9 Å². The normalized spacial score (nSPS) is 16.0. The summed E-state index contributed by atoms with van der Waals surface area (Å²) in [6, 6.07) is 21.0. The maximum atomic E-state index is 13.3. The van der Waals surface area contributed by atoms with E-state index in [0.717, 1.165) is 29.1 Å². The number of fused-ring (bicyclic) bond motifs is 1. The third kappa shape index (κ3) is 4.33. The minimum atomic E-state index is -0.473. The van der Waals surface area contributed by atoms with Gasteiger partial charge in [-0.05, 0) is 36.8 Å². The SMILES string of the molecule is Cc1cccc(NC(=O)C2CNCCN2c2nc(N)nc3ccc(-c4ccccc4)nc23)c1. The first-order valence-corrected chi connectivity index (χ1v) is 10.9. The highest BCUT2D eigenvalue weighted by molar-refractivity contribution is 5.99. The molecule has 1 saturated heterocycles. The van der Waals surface area contributed by atoms with Crippen molar-refractivity contribution >= 4 is 34.4 Å². The molecule has 4 N–H and O–H groups in total. The van der Waals surface area contributed by atoms with Crippen molar-refractivity contribution in [3.63, 3.8) is 0 Å². The van der Waals surface area contributed by atoms with Crippen LogP contribution in [0.25, 0.3) is 22.3 Å². The Balaban J connectivity index is 1.54. The second-order valence-corrected chi connectivity index (χ2v) is 8.11. The van der Waals surface area contributed by atoms with Gasteiger partial charge in [-0.25, -0.2) is 9.97 Å². The van der Waals surface area contributed by atoms with Gasteiger partial charge in [-0.2, -0.15) is 4.98 Å². The molecule has 166 valence electrons. The van der Waals surface area contributed by atoms with E-state index < -0.39 is 6.04 Å². The molecule has 8 heteroatoms. The average molecular weight is 440 g/mol. The van der Waals surface area contributed by atoms with Crippen LogP contribution < -0.4 is 21.3 Å². The van der Waals surface area contributed by atoms with Crippen molar-refractivity contribution in [3.05, 3.63) is 72.3 Å². The summed E-state index contributed by atoms with van der Waals surface area (Å²) in [5.41, 5.74) is 11.0.